The van der Waals surface area contributed by atoms with E-state index in [1.807, 2.05) is 41.1 Å². The lowest BCUT2D eigenvalue weighted by Crippen LogP contribution is -2.38. The third-order valence-corrected chi connectivity index (χ3v) is 11.1. The van der Waals surface area contributed by atoms with Crippen LogP contribution in [0.25, 0.3) is 16.7 Å². The molecule has 2 aliphatic carbocycles. The molecule has 4 heterocycles. The summed E-state index contributed by atoms with van der Waals surface area (Å²) in [7, 11) is -3.69. The number of fused-ring (bicyclic) bond motifs is 1. The molecule has 2 saturated heterocycles. The predicted molar refractivity (Wildman–Crippen MR) is 155 cm³/mol. The molecule has 9 nitrogen and oxygen atoms in total. The first kappa shape index (κ1) is 26.0. The molecule has 40 heavy (non-hydrogen) atoms. The zero-order valence-corrected chi connectivity index (χ0v) is 23.8. The number of likely N-dealkylation sites (tertiary alicyclic amines) is 1. The fraction of sp³-hybridized carbons (Fsp3) is 0.567. The van der Waals surface area contributed by atoms with E-state index in [1.165, 1.54) is 38.9 Å². The van der Waals surface area contributed by atoms with E-state index >= 15 is 0 Å². The summed E-state index contributed by atoms with van der Waals surface area (Å²) in [6.07, 6.45) is 9.40. The maximum atomic E-state index is 13.4. The Morgan fingerprint density at radius 2 is 1.65 bits per heavy atom. The summed E-state index contributed by atoms with van der Waals surface area (Å²) in [5.41, 5.74) is 3.64. The van der Waals surface area contributed by atoms with Crippen LogP contribution in [0.15, 0.2) is 36.4 Å². The van der Waals surface area contributed by atoms with Gasteiger partial charge in [0.1, 0.15) is 5.69 Å². The van der Waals surface area contributed by atoms with E-state index in [0.29, 0.717) is 30.3 Å². The molecule has 0 bridgehead atoms. The third-order valence-electron chi connectivity index (χ3n) is 9.24. The Hall–Kier alpha value is -2.98. The number of amides is 1. The summed E-state index contributed by atoms with van der Waals surface area (Å²) in [6, 6.07) is 11.7. The predicted octanol–water partition coefficient (Wildman–Crippen LogP) is 4.22. The summed E-state index contributed by atoms with van der Waals surface area (Å²) in [5.74, 6) is 0.386. The molecular formula is C30H38N6O3S. The minimum absolute atomic E-state index is 0.128. The van der Waals surface area contributed by atoms with E-state index in [0.717, 1.165) is 61.2 Å². The standard InChI is InChI=1S/C30H38N6O3S/c37-30(33-40(38,39)24-11-12-24)25-19-26(35-17-13-21(14-18-35)20-34-15-4-5-16-34)27-28(22-7-6-8-22)32-36(29(27)31-25)23-9-2-1-3-10-23/h1-3,9-10,19,21-22,24H,4-8,11-18,20H2,(H,33,37). The second-order valence-corrected chi connectivity index (χ2v) is 14.1. The van der Waals surface area contributed by atoms with Crippen LogP contribution >= 0.6 is 0 Å². The Kier molecular flexibility index (Phi) is 6.78. The highest BCUT2D eigenvalue weighted by atomic mass is 32.2. The Labute approximate surface area is 236 Å². The van der Waals surface area contributed by atoms with Gasteiger partial charge in [-0.2, -0.15) is 5.10 Å². The summed E-state index contributed by atoms with van der Waals surface area (Å²) in [6.45, 7) is 5.42. The number of carbonyl (C=O) groups excluding carboxylic acids is 1. The van der Waals surface area contributed by atoms with Crippen LogP contribution in [0, 0.1) is 5.92 Å². The minimum Gasteiger partial charge on any atom is -0.371 e. The van der Waals surface area contributed by atoms with Gasteiger partial charge in [-0.25, -0.2) is 22.8 Å². The number of pyridine rings is 1. The highest BCUT2D eigenvalue weighted by Gasteiger charge is 2.38. The average molecular weight is 563 g/mol. The lowest BCUT2D eigenvalue weighted by molar-refractivity contribution is 0.0976. The smallest absolute Gasteiger partial charge is 0.283 e. The van der Waals surface area contributed by atoms with E-state index < -0.39 is 21.2 Å². The van der Waals surface area contributed by atoms with Crippen LogP contribution in [0.1, 0.15) is 79.9 Å². The fourth-order valence-electron chi connectivity index (χ4n) is 6.53. The Morgan fingerprint density at radius 3 is 2.30 bits per heavy atom. The first-order valence-electron chi connectivity index (χ1n) is 15.0. The maximum Gasteiger partial charge on any atom is 0.283 e. The number of benzene rings is 1. The minimum atomic E-state index is -3.69. The number of nitrogens with zero attached hydrogens (tertiary/aromatic N) is 5. The van der Waals surface area contributed by atoms with Crippen LogP contribution < -0.4 is 9.62 Å². The van der Waals surface area contributed by atoms with E-state index in [2.05, 4.69) is 14.5 Å². The molecule has 10 heteroatoms. The largest absolute Gasteiger partial charge is 0.371 e. The van der Waals surface area contributed by atoms with Crippen molar-refractivity contribution in [3.05, 3.63) is 47.8 Å². The number of rotatable bonds is 8. The van der Waals surface area contributed by atoms with Gasteiger partial charge in [-0.1, -0.05) is 24.6 Å². The van der Waals surface area contributed by atoms with Crippen LogP contribution in [0.3, 0.4) is 0 Å². The number of anilines is 1. The highest BCUT2D eigenvalue weighted by Crippen LogP contribution is 2.43. The molecule has 1 aromatic carbocycles. The number of hydrogen-bond acceptors (Lipinski definition) is 7. The molecule has 4 aliphatic rings. The summed E-state index contributed by atoms with van der Waals surface area (Å²) < 4.78 is 29.4. The van der Waals surface area contributed by atoms with Crippen LogP contribution in [0.5, 0.6) is 0 Å². The van der Waals surface area contributed by atoms with Crippen molar-refractivity contribution < 1.29 is 13.2 Å². The summed E-state index contributed by atoms with van der Waals surface area (Å²) >= 11 is 0. The molecule has 1 amide bonds. The monoisotopic (exact) mass is 562 g/mol. The summed E-state index contributed by atoms with van der Waals surface area (Å²) in [4.78, 5) is 23.2. The first-order valence-corrected chi connectivity index (χ1v) is 16.5. The van der Waals surface area contributed by atoms with Gasteiger partial charge in [0, 0.05) is 25.6 Å². The molecule has 1 N–H and O–H groups in total. The quantitative estimate of drug-likeness (QED) is 0.439. The molecule has 4 fully saturated rings. The van der Waals surface area contributed by atoms with Crippen molar-refractivity contribution in [2.75, 3.05) is 37.6 Å². The number of hydrogen-bond donors (Lipinski definition) is 1. The Morgan fingerprint density at radius 1 is 0.925 bits per heavy atom. The number of aromatic nitrogens is 3. The van der Waals surface area contributed by atoms with Crippen molar-refractivity contribution in [1.29, 1.82) is 0 Å². The van der Waals surface area contributed by atoms with E-state index in [1.54, 1.807) is 0 Å². The number of nitrogens with one attached hydrogen (secondary N) is 1. The summed E-state index contributed by atoms with van der Waals surface area (Å²) in [5, 5.41) is 5.63. The fourth-order valence-corrected chi connectivity index (χ4v) is 7.82. The number of carbonyl (C=O) groups is 1. The average Bonchev–Trinajstić information content (AvgIpc) is 3.57. The highest BCUT2D eigenvalue weighted by molar-refractivity contribution is 7.91. The van der Waals surface area contributed by atoms with Gasteiger partial charge in [-0.3, -0.25) is 4.79 Å². The van der Waals surface area contributed by atoms with Gasteiger partial charge >= 0.3 is 0 Å². The van der Waals surface area contributed by atoms with Crippen LogP contribution in [-0.2, 0) is 10.0 Å². The van der Waals surface area contributed by atoms with E-state index in [9.17, 15) is 13.2 Å². The van der Waals surface area contributed by atoms with Gasteiger partial charge in [0.2, 0.25) is 10.0 Å². The topological polar surface area (TPSA) is 100 Å². The molecular weight excluding hydrogens is 524 g/mol. The molecule has 7 rings (SSSR count). The van der Waals surface area contributed by atoms with Crippen molar-refractivity contribution in [1.82, 2.24) is 24.4 Å². The van der Waals surface area contributed by atoms with Gasteiger partial charge < -0.3 is 9.80 Å². The lowest BCUT2D eigenvalue weighted by Gasteiger charge is -2.36. The number of para-hydroxylation sites is 1. The van der Waals surface area contributed by atoms with Gasteiger partial charge in [-0.15, -0.1) is 0 Å². The normalized spacial score (nSPS) is 21.1. The number of piperidine rings is 1. The van der Waals surface area contributed by atoms with Gasteiger partial charge in [0.15, 0.2) is 5.65 Å². The second kappa shape index (κ2) is 10.4. The molecule has 2 aliphatic heterocycles. The van der Waals surface area contributed by atoms with Gasteiger partial charge in [-0.05, 0) is 88.6 Å². The Balaban J connectivity index is 1.29. The first-order chi connectivity index (χ1) is 19.5. The van der Waals surface area contributed by atoms with Crippen LogP contribution in [0.4, 0.5) is 5.69 Å². The van der Waals surface area contributed by atoms with Crippen molar-refractivity contribution >= 4 is 32.7 Å². The van der Waals surface area contributed by atoms with Crippen molar-refractivity contribution in [3.8, 4) is 5.69 Å². The third kappa shape index (κ3) is 5.00. The van der Waals surface area contributed by atoms with Crippen molar-refractivity contribution in [2.24, 2.45) is 5.92 Å². The molecule has 0 unspecified atom stereocenters. The zero-order valence-electron chi connectivity index (χ0n) is 23.0. The number of sulfonamides is 1. The molecule has 2 saturated carbocycles. The SMILES string of the molecule is O=C(NS(=O)(=O)C1CC1)c1cc(N2CCC(CN3CCCC3)CC2)c2c(C3CCC3)nn(-c3ccccc3)c2n1. The van der Waals surface area contributed by atoms with Crippen molar-refractivity contribution in [3.63, 3.8) is 0 Å². The van der Waals surface area contributed by atoms with E-state index in [4.69, 9.17) is 10.1 Å². The molecule has 0 spiro atoms. The van der Waals surface area contributed by atoms with Crippen LogP contribution in [-0.4, -0.2) is 72.0 Å². The lowest BCUT2D eigenvalue weighted by atomic mass is 9.81. The van der Waals surface area contributed by atoms with Gasteiger partial charge in [0.05, 0.1) is 27.7 Å². The molecule has 0 atom stereocenters. The Bertz CT molecular complexity index is 1500. The molecule has 3 aromatic rings. The molecule has 0 radical (unpaired) electrons. The second-order valence-electron chi connectivity index (χ2n) is 12.1. The molecule has 212 valence electrons. The molecule has 2 aromatic heterocycles. The zero-order chi connectivity index (χ0) is 27.3. The van der Waals surface area contributed by atoms with E-state index in [-0.39, 0.29) is 5.69 Å². The van der Waals surface area contributed by atoms with Gasteiger partial charge in [0.25, 0.3) is 5.91 Å². The maximum absolute atomic E-state index is 13.4. The van der Waals surface area contributed by atoms with Crippen molar-refractivity contribution in [2.45, 2.75) is 69.0 Å². The van der Waals surface area contributed by atoms with Crippen LogP contribution in [0.2, 0.25) is 0 Å².